The SMILES string of the molecule is CC(C)C(N)c1cc(F)c(C(=O)c2cccc3c(=O)[nH]ccc23)c(F)c1. The highest BCUT2D eigenvalue weighted by Crippen LogP contribution is 2.27. The van der Waals surface area contributed by atoms with E-state index in [2.05, 4.69) is 4.98 Å². The zero-order valence-corrected chi connectivity index (χ0v) is 14.3. The summed E-state index contributed by atoms with van der Waals surface area (Å²) in [5, 5.41) is 0.612. The number of hydrogen-bond acceptors (Lipinski definition) is 3. The Hall–Kier alpha value is -2.86. The van der Waals surface area contributed by atoms with Crippen LogP contribution in [0.15, 0.2) is 47.4 Å². The molecule has 0 radical (unpaired) electrons. The lowest BCUT2D eigenvalue weighted by molar-refractivity contribution is 0.103. The predicted octanol–water partition coefficient (Wildman–Crippen LogP) is 3.69. The van der Waals surface area contributed by atoms with Gasteiger partial charge >= 0.3 is 0 Å². The Bertz CT molecular complexity index is 1030. The molecule has 1 unspecified atom stereocenters. The van der Waals surface area contributed by atoms with E-state index in [1.54, 1.807) is 6.07 Å². The first-order chi connectivity index (χ1) is 12.3. The number of aromatic nitrogens is 1. The molecule has 0 spiro atoms. The molecule has 0 fully saturated rings. The Kier molecular flexibility index (Phi) is 4.70. The third kappa shape index (κ3) is 3.04. The minimum absolute atomic E-state index is 0.0138. The van der Waals surface area contributed by atoms with Crippen molar-refractivity contribution in [1.82, 2.24) is 4.98 Å². The number of fused-ring (bicyclic) bond motifs is 1. The van der Waals surface area contributed by atoms with Crippen molar-refractivity contribution in [3.8, 4) is 0 Å². The van der Waals surface area contributed by atoms with Gasteiger partial charge in [0, 0.05) is 23.2 Å². The number of hydrogen-bond donors (Lipinski definition) is 2. The molecule has 6 heteroatoms. The maximum atomic E-state index is 14.6. The fraction of sp³-hybridized carbons (Fsp3) is 0.200. The molecule has 1 heterocycles. The highest BCUT2D eigenvalue weighted by molar-refractivity contribution is 6.16. The third-order valence-electron chi connectivity index (χ3n) is 4.45. The molecule has 0 saturated carbocycles. The molecule has 1 atom stereocenters. The number of halogens is 2. The number of nitrogens with one attached hydrogen (secondary N) is 1. The van der Waals surface area contributed by atoms with Gasteiger partial charge in [-0.25, -0.2) is 8.78 Å². The van der Waals surface area contributed by atoms with Crippen LogP contribution in [0.5, 0.6) is 0 Å². The van der Waals surface area contributed by atoms with Crippen molar-refractivity contribution >= 4 is 16.6 Å². The molecule has 3 rings (SSSR count). The van der Waals surface area contributed by atoms with Gasteiger partial charge < -0.3 is 10.7 Å². The van der Waals surface area contributed by atoms with E-state index >= 15 is 0 Å². The number of rotatable bonds is 4. The van der Waals surface area contributed by atoms with Crippen molar-refractivity contribution in [2.45, 2.75) is 19.9 Å². The summed E-state index contributed by atoms with van der Waals surface area (Å²) in [6.45, 7) is 3.68. The van der Waals surface area contributed by atoms with Gasteiger partial charge in [0.1, 0.15) is 11.6 Å². The maximum absolute atomic E-state index is 14.6. The molecule has 0 aliphatic heterocycles. The minimum Gasteiger partial charge on any atom is -0.329 e. The molecule has 0 amide bonds. The third-order valence-corrected chi connectivity index (χ3v) is 4.45. The molecule has 4 nitrogen and oxygen atoms in total. The molecule has 1 aromatic heterocycles. The summed E-state index contributed by atoms with van der Waals surface area (Å²) in [4.78, 5) is 27.2. The van der Waals surface area contributed by atoms with Gasteiger partial charge in [-0.05, 0) is 41.1 Å². The van der Waals surface area contributed by atoms with Gasteiger partial charge in [0.2, 0.25) is 0 Å². The van der Waals surface area contributed by atoms with Crippen molar-refractivity contribution in [2.75, 3.05) is 0 Å². The van der Waals surface area contributed by atoms with Crippen LogP contribution in [-0.2, 0) is 0 Å². The van der Waals surface area contributed by atoms with Crippen molar-refractivity contribution in [3.05, 3.63) is 81.3 Å². The summed E-state index contributed by atoms with van der Waals surface area (Å²) in [6.07, 6.45) is 1.39. The first-order valence-electron chi connectivity index (χ1n) is 8.21. The lowest BCUT2D eigenvalue weighted by atomic mass is 9.92. The van der Waals surface area contributed by atoms with Gasteiger partial charge in [0.15, 0.2) is 5.78 Å². The van der Waals surface area contributed by atoms with Gasteiger partial charge in [-0.3, -0.25) is 9.59 Å². The summed E-state index contributed by atoms with van der Waals surface area (Å²) >= 11 is 0. The fourth-order valence-corrected chi connectivity index (χ4v) is 2.94. The number of carbonyl (C=O) groups excluding carboxylic acids is 1. The van der Waals surface area contributed by atoms with Gasteiger partial charge in [-0.15, -0.1) is 0 Å². The zero-order chi connectivity index (χ0) is 19.0. The standard InChI is InChI=1S/C20H18F2N2O2/c1-10(2)18(23)11-8-15(21)17(16(22)9-11)19(25)13-4-3-5-14-12(13)6-7-24-20(14)26/h3-10,18H,23H2,1-2H3,(H,24,26). The van der Waals surface area contributed by atoms with Gasteiger partial charge in [0.25, 0.3) is 5.56 Å². The summed E-state index contributed by atoms with van der Waals surface area (Å²) in [7, 11) is 0. The molecule has 26 heavy (non-hydrogen) atoms. The molecule has 3 aromatic rings. The average molecular weight is 356 g/mol. The predicted molar refractivity (Wildman–Crippen MR) is 96.1 cm³/mol. The molecule has 2 aromatic carbocycles. The summed E-state index contributed by atoms with van der Waals surface area (Å²) in [5.41, 5.74) is 5.27. The number of carbonyl (C=O) groups is 1. The molecule has 0 bridgehead atoms. The molecule has 0 aliphatic carbocycles. The number of aromatic amines is 1. The van der Waals surface area contributed by atoms with Crippen molar-refractivity contribution in [2.24, 2.45) is 11.7 Å². The van der Waals surface area contributed by atoms with Crippen LogP contribution >= 0.6 is 0 Å². The van der Waals surface area contributed by atoms with Crippen LogP contribution in [0.25, 0.3) is 10.8 Å². The van der Waals surface area contributed by atoms with Crippen LogP contribution in [0.4, 0.5) is 8.78 Å². The number of ketones is 1. The highest BCUT2D eigenvalue weighted by atomic mass is 19.1. The van der Waals surface area contributed by atoms with Crippen molar-refractivity contribution < 1.29 is 13.6 Å². The van der Waals surface area contributed by atoms with Crippen LogP contribution in [0.1, 0.15) is 41.4 Å². The van der Waals surface area contributed by atoms with E-state index < -0.39 is 29.0 Å². The Morgan fingerprint density at radius 1 is 1.08 bits per heavy atom. The first-order valence-corrected chi connectivity index (χ1v) is 8.21. The normalized spacial score (nSPS) is 12.5. The zero-order valence-electron chi connectivity index (χ0n) is 14.3. The van der Waals surface area contributed by atoms with Crippen molar-refractivity contribution in [3.63, 3.8) is 0 Å². The van der Waals surface area contributed by atoms with Crippen LogP contribution in [0.3, 0.4) is 0 Å². The van der Waals surface area contributed by atoms with Gasteiger partial charge in [0.05, 0.1) is 5.56 Å². The minimum atomic E-state index is -0.969. The van der Waals surface area contributed by atoms with E-state index in [0.717, 1.165) is 12.1 Å². The summed E-state index contributed by atoms with van der Waals surface area (Å²) in [6, 6.07) is 7.67. The quantitative estimate of drug-likeness (QED) is 0.700. The van der Waals surface area contributed by atoms with E-state index in [1.165, 1.54) is 24.4 Å². The summed E-state index contributed by atoms with van der Waals surface area (Å²) in [5.74, 6) is -2.77. The smallest absolute Gasteiger partial charge is 0.255 e. The first kappa shape index (κ1) is 17.9. The second kappa shape index (κ2) is 6.80. The molecular weight excluding hydrogens is 338 g/mol. The molecule has 0 saturated heterocycles. The van der Waals surface area contributed by atoms with Crippen LogP contribution in [-0.4, -0.2) is 10.8 Å². The molecular formula is C20H18F2N2O2. The lowest BCUT2D eigenvalue weighted by Crippen LogP contribution is -2.18. The van der Waals surface area contributed by atoms with Crippen LogP contribution in [0, 0.1) is 17.6 Å². The highest BCUT2D eigenvalue weighted by Gasteiger charge is 2.24. The lowest BCUT2D eigenvalue weighted by Gasteiger charge is -2.17. The van der Waals surface area contributed by atoms with Crippen molar-refractivity contribution in [1.29, 1.82) is 0 Å². The van der Waals surface area contributed by atoms with E-state index in [0.29, 0.717) is 10.9 Å². The number of benzene rings is 2. The van der Waals surface area contributed by atoms with Crippen LogP contribution in [0.2, 0.25) is 0 Å². The van der Waals surface area contributed by atoms with Gasteiger partial charge in [-0.1, -0.05) is 26.0 Å². The molecule has 134 valence electrons. The largest absolute Gasteiger partial charge is 0.329 e. The average Bonchev–Trinajstić information content (AvgIpc) is 2.60. The van der Waals surface area contributed by atoms with Crippen LogP contribution < -0.4 is 11.3 Å². The molecule has 0 aliphatic rings. The Balaban J connectivity index is 2.15. The summed E-state index contributed by atoms with van der Waals surface area (Å²) < 4.78 is 29.1. The van der Waals surface area contributed by atoms with E-state index in [4.69, 9.17) is 5.73 Å². The van der Waals surface area contributed by atoms with Gasteiger partial charge in [-0.2, -0.15) is 0 Å². The van der Waals surface area contributed by atoms with E-state index in [-0.39, 0.29) is 22.4 Å². The maximum Gasteiger partial charge on any atom is 0.255 e. The molecule has 3 N–H and O–H groups in total. The second-order valence-electron chi connectivity index (χ2n) is 6.53. The topological polar surface area (TPSA) is 76.0 Å². The number of H-pyrrole nitrogens is 1. The Morgan fingerprint density at radius 3 is 2.35 bits per heavy atom. The number of pyridine rings is 1. The fourth-order valence-electron chi connectivity index (χ4n) is 2.94. The van der Waals surface area contributed by atoms with E-state index in [9.17, 15) is 18.4 Å². The second-order valence-corrected chi connectivity index (χ2v) is 6.53. The Morgan fingerprint density at radius 2 is 1.73 bits per heavy atom. The number of nitrogens with two attached hydrogens (primary N) is 1. The monoisotopic (exact) mass is 356 g/mol. The van der Waals surface area contributed by atoms with E-state index in [1.807, 2.05) is 13.8 Å². The Labute approximate surface area is 148 Å².